The lowest BCUT2D eigenvalue weighted by Crippen LogP contribution is -2.16. The lowest BCUT2D eigenvalue weighted by Gasteiger charge is -2.09. The minimum Gasteiger partial charge on any atom is -0.333 e. The van der Waals surface area contributed by atoms with Gasteiger partial charge in [-0.2, -0.15) is 5.10 Å². The van der Waals surface area contributed by atoms with Crippen LogP contribution in [0, 0.1) is 13.8 Å². The van der Waals surface area contributed by atoms with Crippen molar-refractivity contribution in [3.8, 4) is 0 Å². The van der Waals surface area contributed by atoms with Crippen molar-refractivity contribution in [2.75, 3.05) is 6.54 Å². The van der Waals surface area contributed by atoms with E-state index >= 15 is 0 Å². The van der Waals surface area contributed by atoms with Crippen LogP contribution in [0.5, 0.6) is 0 Å². The minimum atomic E-state index is 0.885. The van der Waals surface area contributed by atoms with Crippen LogP contribution < -0.4 is 5.32 Å². The zero-order valence-corrected chi connectivity index (χ0v) is 12.1. The highest BCUT2D eigenvalue weighted by Gasteiger charge is 2.03. The van der Waals surface area contributed by atoms with Gasteiger partial charge >= 0.3 is 0 Å². The van der Waals surface area contributed by atoms with Gasteiger partial charge in [-0.15, -0.1) is 0 Å². The van der Waals surface area contributed by atoms with E-state index in [0.717, 1.165) is 38.3 Å². The summed E-state index contributed by atoms with van der Waals surface area (Å²) in [5, 5.41) is 7.81. The van der Waals surface area contributed by atoms with Crippen LogP contribution in [0.1, 0.15) is 30.4 Å². The quantitative estimate of drug-likeness (QED) is 0.828. The van der Waals surface area contributed by atoms with Gasteiger partial charge in [-0.25, -0.2) is 4.98 Å². The first-order valence-corrected chi connectivity index (χ1v) is 6.91. The van der Waals surface area contributed by atoms with Crippen LogP contribution >= 0.6 is 0 Å². The average Bonchev–Trinajstić information content (AvgIpc) is 2.94. The van der Waals surface area contributed by atoms with Crippen LogP contribution in [0.3, 0.4) is 0 Å². The Balaban J connectivity index is 1.85. The maximum atomic E-state index is 4.48. The van der Waals surface area contributed by atoms with Crippen molar-refractivity contribution >= 4 is 0 Å². The fraction of sp³-hybridized carbons (Fsp3) is 0.571. The molecule has 0 saturated carbocycles. The largest absolute Gasteiger partial charge is 0.333 e. The van der Waals surface area contributed by atoms with Crippen molar-refractivity contribution in [2.24, 2.45) is 0 Å². The molecule has 1 N–H and O–H groups in total. The van der Waals surface area contributed by atoms with Crippen LogP contribution in [0.2, 0.25) is 0 Å². The molecule has 0 spiro atoms. The molecular formula is C14H23N5. The number of aromatic nitrogens is 4. The highest BCUT2D eigenvalue weighted by molar-refractivity contribution is 5.06. The fourth-order valence-electron chi connectivity index (χ4n) is 2.24. The number of rotatable bonds is 7. The van der Waals surface area contributed by atoms with E-state index in [1.807, 2.05) is 19.4 Å². The number of aryl methyl sites for hydroxylation is 4. The maximum absolute atomic E-state index is 4.48. The van der Waals surface area contributed by atoms with E-state index in [0.29, 0.717) is 0 Å². The van der Waals surface area contributed by atoms with Crippen molar-refractivity contribution in [1.29, 1.82) is 0 Å². The van der Waals surface area contributed by atoms with Crippen molar-refractivity contribution in [3.05, 3.63) is 35.7 Å². The molecule has 104 valence electrons. The first-order valence-electron chi connectivity index (χ1n) is 6.91. The second-order valence-corrected chi connectivity index (χ2v) is 4.86. The Morgan fingerprint density at radius 3 is 2.79 bits per heavy atom. The van der Waals surface area contributed by atoms with Crippen molar-refractivity contribution in [2.45, 2.75) is 46.8 Å². The molecule has 0 aliphatic heterocycles. The Labute approximate surface area is 114 Å². The zero-order valence-electron chi connectivity index (χ0n) is 12.1. The zero-order chi connectivity index (χ0) is 13.7. The lowest BCUT2D eigenvalue weighted by atomic mass is 10.3. The van der Waals surface area contributed by atoms with Gasteiger partial charge < -0.3 is 9.88 Å². The second-order valence-electron chi connectivity index (χ2n) is 4.86. The molecule has 2 rings (SSSR count). The molecule has 0 bridgehead atoms. The SMILES string of the molecule is CCNCc1cncn1CCCn1nc(C)cc1C. The molecule has 2 aromatic rings. The van der Waals surface area contributed by atoms with Gasteiger partial charge in [0.1, 0.15) is 0 Å². The van der Waals surface area contributed by atoms with Gasteiger partial charge in [0, 0.05) is 31.5 Å². The topological polar surface area (TPSA) is 47.7 Å². The summed E-state index contributed by atoms with van der Waals surface area (Å²) in [4.78, 5) is 4.22. The Kier molecular flexibility index (Phi) is 4.74. The van der Waals surface area contributed by atoms with Crippen LogP contribution in [0.4, 0.5) is 0 Å². The predicted molar refractivity (Wildman–Crippen MR) is 75.9 cm³/mol. The number of hydrogen-bond donors (Lipinski definition) is 1. The minimum absolute atomic E-state index is 0.885. The Morgan fingerprint density at radius 1 is 1.26 bits per heavy atom. The second kappa shape index (κ2) is 6.52. The van der Waals surface area contributed by atoms with Gasteiger partial charge in [0.2, 0.25) is 0 Å². The third-order valence-electron chi connectivity index (χ3n) is 3.23. The molecule has 5 nitrogen and oxygen atoms in total. The monoisotopic (exact) mass is 261 g/mol. The summed E-state index contributed by atoms with van der Waals surface area (Å²) in [6, 6.07) is 2.12. The Bertz CT molecular complexity index is 512. The Hall–Kier alpha value is -1.62. The van der Waals surface area contributed by atoms with E-state index in [9.17, 15) is 0 Å². The molecule has 0 radical (unpaired) electrons. The molecule has 0 aliphatic rings. The standard InChI is InChI=1S/C14H23N5/c1-4-15-9-14-10-16-11-18(14)6-5-7-19-13(3)8-12(2)17-19/h8,10-11,15H,4-7,9H2,1-3H3. The lowest BCUT2D eigenvalue weighted by molar-refractivity contribution is 0.505. The molecule has 0 unspecified atom stereocenters. The van der Waals surface area contributed by atoms with Crippen LogP contribution in [0.25, 0.3) is 0 Å². The molecule has 0 fully saturated rings. The van der Waals surface area contributed by atoms with Gasteiger partial charge in [-0.05, 0) is 32.9 Å². The molecule has 0 atom stereocenters. The number of hydrogen-bond acceptors (Lipinski definition) is 3. The van der Waals surface area contributed by atoms with Gasteiger partial charge in [0.15, 0.2) is 0 Å². The maximum Gasteiger partial charge on any atom is 0.0948 e. The van der Waals surface area contributed by atoms with Crippen molar-refractivity contribution in [3.63, 3.8) is 0 Å². The van der Waals surface area contributed by atoms with E-state index in [1.54, 1.807) is 0 Å². The summed E-state index contributed by atoms with van der Waals surface area (Å²) in [5.41, 5.74) is 3.57. The summed E-state index contributed by atoms with van der Waals surface area (Å²) in [5.74, 6) is 0. The first kappa shape index (κ1) is 13.8. The molecule has 19 heavy (non-hydrogen) atoms. The molecule has 5 heteroatoms. The summed E-state index contributed by atoms with van der Waals surface area (Å²) >= 11 is 0. The molecule has 0 aromatic carbocycles. The van der Waals surface area contributed by atoms with Crippen molar-refractivity contribution < 1.29 is 0 Å². The highest BCUT2D eigenvalue weighted by Crippen LogP contribution is 2.05. The molecule has 2 heterocycles. The van der Waals surface area contributed by atoms with E-state index < -0.39 is 0 Å². The summed E-state index contributed by atoms with van der Waals surface area (Å²) < 4.78 is 4.30. The third kappa shape index (κ3) is 3.67. The molecule has 2 aromatic heterocycles. The van der Waals surface area contributed by atoms with E-state index in [2.05, 4.69) is 44.6 Å². The fourth-order valence-corrected chi connectivity index (χ4v) is 2.24. The van der Waals surface area contributed by atoms with Crippen LogP contribution in [0.15, 0.2) is 18.6 Å². The molecule has 0 saturated heterocycles. The van der Waals surface area contributed by atoms with Gasteiger partial charge in [-0.1, -0.05) is 6.92 Å². The third-order valence-corrected chi connectivity index (χ3v) is 3.23. The number of nitrogens with one attached hydrogen (secondary N) is 1. The van der Waals surface area contributed by atoms with Crippen molar-refractivity contribution in [1.82, 2.24) is 24.6 Å². The molecule has 0 aliphatic carbocycles. The average molecular weight is 261 g/mol. The van der Waals surface area contributed by atoms with E-state index in [-0.39, 0.29) is 0 Å². The first-order chi connectivity index (χ1) is 9.20. The van der Waals surface area contributed by atoms with Crippen LogP contribution in [-0.4, -0.2) is 25.9 Å². The summed E-state index contributed by atoms with van der Waals surface area (Å²) in [6.45, 7) is 10.1. The number of imidazole rings is 1. The molecule has 0 amide bonds. The molecular weight excluding hydrogens is 238 g/mol. The van der Waals surface area contributed by atoms with Gasteiger partial charge in [-0.3, -0.25) is 4.68 Å². The van der Waals surface area contributed by atoms with Crippen LogP contribution in [-0.2, 0) is 19.6 Å². The van der Waals surface area contributed by atoms with Gasteiger partial charge in [0.05, 0.1) is 17.7 Å². The van der Waals surface area contributed by atoms with E-state index in [1.165, 1.54) is 11.4 Å². The van der Waals surface area contributed by atoms with Gasteiger partial charge in [0.25, 0.3) is 0 Å². The smallest absolute Gasteiger partial charge is 0.0948 e. The highest BCUT2D eigenvalue weighted by atomic mass is 15.3. The number of nitrogens with zero attached hydrogens (tertiary/aromatic N) is 4. The predicted octanol–water partition coefficient (Wildman–Crippen LogP) is 1.90. The summed E-state index contributed by atoms with van der Waals surface area (Å²) in [7, 11) is 0. The Morgan fingerprint density at radius 2 is 2.11 bits per heavy atom. The van der Waals surface area contributed by atoms with E-state index in [4.69, 9.17) is 0 Å². The summed E-state index contributed by atoms with van der Waals surface area (Å²) in [6.07, 6.45) is 4.91. The normalized spacial score (nSPS) is 11.1.